The summed E-state index contributed by atoms with van der Waals surface area (Å²) in [6.07, 6.45) is -0.804. The van der Waals surface area contributed by atoms with Crippen molar-refractivity contribution in [1.29, 1.82) is 0 Å². The van der Waals surface area contributed by atoms with Crippen molar-refractivity contribution >= 4 is 12.1 Å². The number of nitrogens with one attached hydrogen (secondary N) is 1. The number of carbonyl (C=O) groups excluding carboxylic acids is 2. The number of nitrogens with zero attached hydrogens (tertiary/aromatic N) is 3. The number of alkyl carbamates (subject to hydrolysis) is 1. The largest absolute Gasteiger partial charge is 0.461 e. The Labute approximate surface area is 140 Å². The maximum atomic E-state index is 11.9. The minimum absolute atomic E-state index is 0.0732. The van der Waals surface area contributed by atoms with Crippen molar-refractivity contribution in [1.82, 2.24) is 5.32 Å². The van der Waals surface area contributed by atoms with Gasteiger partial charge in [-0.2, -0.15) is 0 Å². The molecule has 1 rings (SSSR count). The highest BCUT2D eigenvalue weighted by Gasteiger charge is 2.21. The fourth-order valence-corrected chi connectivity index (χ4v) is 1.77. The van der Waals surface area contributed by atoms with E-state index in [1.54, 1.807) is 20.8 Å². The van der Waals surface area contributed by atoms with Crippen LogP contribution in [-0.2, 0) is 20.9 Å². The first-order valence-electron chi connectivity index (χ1n) is 7.50. The highest BCUT2D eigenvalue weighted by Crippen LogP contribution is 2.08. The van der Waals surface area contributed by atoms with Crippen LogP contribution in [-0.4, -0.2) is 30.3 Å². The van der Waals surface area contributed by atoms with E-state index in [0.717, 1.165) is 5.56 Å². The lowest BCUT2D eigenvalue weighted by molar-refractivity contribution is -0.145. The maximum absolute atomic E-state index is 11.9. The molecule has 0 saturated heterocycles. The number of rotatable bonds is 7. The molecule has 1 atom stereocenters. The van der Waals surface area contributed by atoms with E-state index in [1.165, 1.54) is 0 Å². The molecule has 8 nitrogen and oxygen atoms in total. The van der Waals surface area contributed by atoms with Crippen LogP contribution in [0.2, 0.25) is 0 Å². The van der Waals surface area contributed by atoms with Gasteiger partial charge in [-0.3, -0.25) is 4.79 Å². The highest BCUT2D eigenvalue weighted by atomic mass is 16.6. The van der Waals surface area contributed by atoms with Gasteiger partial charge in [-0.25, -0.2) is 4.79 Å². The number of azide groups is 1. The lowest BCUT2D eigenvalue weighted by atomic mass is 10.2. The maximum Gasteiger partial charge on any atom is 0.407 e. The van der Waals surface area contributed by atoms with Crippen LogP contribution >= 0.6 is 0 Å². The third kappa shape index (κ3) is 8.65. The molecule has 0 aliphatic carbocycles. The predicted molar refractivity (Wildman–Crippen MR) is 88.0 cm³/mol. The fraction of sp³-hybridized carbons (Fsp3) is 0.500. The molecular formula is C16H22N4O4. The van der Waals surface area contributed by atoms with Gasteiger partial charge >= 0.3 is 12.1 Å². The second kappa shape index (κ2) is 9.42. The molecule has 8 heteroatoms. The number of esters is 1. The molecule has 0 spiro atoms. The molecule has 0 aliphatic rings. The van der Waals surface area contributed by atoms with E-state index in [2.05, 4.69) is 15.3 Å². The van der Waals surface area contributed by atoms with E-state index < -0.39 is 23.7 Å². The summed E-state index contributed by atoms with van der Waals surface area (Å²) in [5.74, 6) is -0.506. The first-order chi connectivity index (χ1) is 11.3. The van der Waals surface area contributed by atoms with Gasteiger partial charge in [-0.1, -0.05) is 35.4 Å². The predicted octanol–water partition coefficient (Wildman–Crippen LogP) is 3.32. The van der Waals surface area contributed by atoms with Crippen LogP contribution < -0.4 is 5.32 Å². The molecule has 1 aromatic carbocycles. The zero-order valence-electron chi connectivity index (χ0n) is 14.1. The van der Waals surface area contributed by atoms with Crippen LogP contribution in [0, 0.1) is 0 Å². The highest BCUT2D eigenvalue weighted by molar-refractivity contribution is 5.73. The smallest absolute Gasteiger partial charge is 0.407 e. The number of benzene rings is 1. The topological polar surface area (TPSA) is 113 Å². The molecule has 1 aromatic rings. The molecule has 130 valence electrons. The van der Waals surface area contributed by atoms with E-state index in [4.69, 9.17) is 15.0 Å². The Bertz CT molecular complexity index is 592. The Morgan fingerprint density at radius 3 is 2.54 bits per heavy atom. The normalized spacial score (nSPS) is 11.8. The quantitative estimate of drug-likeness (QED) is 0.356. The summed E-state index contributed by atoms with van der Waals surface area (Å²) in [5.41, 5.74) is 8.61. The Morgan fingerprint density at radius 2 is 1.96 bits per heavy atom. The minimum atomic E-state index is -0.695. The van der Waals surface area contributed by atoms with Crippen LogP contribution in [0.15, 0.2) is 35.4 Å². The molecule has 0 unspecified atom stereocenters. The molecule has 0 bridgehead atoms. The van der Waals surface area contributed by atoms with Crippen molar-refractivity contribution < 1.29 is 19.1 Å². The van der Waals surface area contributed by atoms with E-state index >= 15 is 0 Å². The Hall–Kier alpha value is -2.73. The third-order valence-electron chi connectivity index (χ3n) is 2.74. The van der Waals surface area contributed by atoms with Gasteiger partial charge in [0.15, 0.2) is 0 Å². The molecule has 0 aromatic heterocycles. The van der Waals surface area contributed by atoms with Crippen LogP contribution in [0.1, 0.15) is 32.8 Å². The summed E-state index contributed by atoms with van der Waals surface area (Å²) >= 11 is 0. The van der Waals surface area contributed by atoms with Crippen molar-refractivity contribution in [2.24, 2.45) is 5.11 Å². The van der Waals surface area contributed by atoms with Gasteiger partial charge in [-0.15, -0.1) is 0 Å². The number of hydrogen-bond acceptors (Lipinski definition) is 5. The van der Waals surface area contributed by atoms with Crippen LogP contribution in [0.3, 0.4) is 0 Å². The zero-order valence-corrected chi connectivity index (χ0v) is 14.1. The minimum Gasteiger partial charge on any atom is -0.461 e. The summed E-state index contributed by atoms with van der Waals surface area (Å²) < 4.78 is 10.3. The average molecular weight is 334 g/mol. The molecule has 1 amide bonds. The molecule has 0 fully saturated rings. The molecule has 0 aliphatic heterocycles. The van der Waals surface area contributed by atoms with Gasteiger partial charge < -0.3 is 14.8 Å². The lowest BCUT2D eigenvalue weighted by Gasteiger charge is -2.22. The van der Waals surface area contributed by atoms with Crippen molar-refractivity contribution in [2.75, 3.05) is 6.54 Å². The lowest BCUT2D eigenvalue weighted by Crippen LogP contribution is -2.42. The Kier molecular flexibility index (Phi) is 7.58. The van der Waals surface area contributed by atoms with Crippen molar-refractivity contribution in [3.63, 3.8) is 0 Å². The van der Waals surface area contributed by atoms with Gasteiger partial charge in [0.05, 0.1) is 6.42 Å². The van der Waals surface area contributed by atoms with Crippen molar-refractivity contribution in [3.05, 3.63) is 46.3 Å². The van der Waals surface area contributed by atoms with Crippen molar-refractivity contribution in [3.8, 4) is 0 Å². The first kappa shape index (κ1) is 19.3. The summed E-state index contributed by atoms with van der Waals surface area (Å²) in [5, 5.41) is 5.91. The molecular weight excluding hydrogens is 312 g/mol. The fourth-order valence-electron chi connectivity index (χ4n) is 1.77. The monoisotopic (exact) mass is 334 g/mol. The van der Waals surface area contributed by atoms with Crippen LogP contribution in [0.5, 0.6) is 0 Å². The number of amides is 1. The van der Waals surface area contributed by atoms with Gasteiger partial charge in [0.2, 0.25) is 0 Å². The summed E-state index contributed by atoms with van der Waals surface area (Å²) in [6.45, 7) is 5.24. The second-order valence-corrected chi connectivity index (χ2v) is 6.11. The van der Waals surface area contributed by atoms with Gasteiger partial charge in [0, 0.05) is 17.5 Å². The molecule has 1 N–H and O–H groups in total. The molecule has 24 heavy (non-hydrogen) atoms. The van der Waals surface area contributed by atoms with E-state index in [-0.39, 0.29) is 19.6 Å². The van der Waals surface area contributed by atoms with Crippen LogP contribution in [0.25, 0.3) is 10.4 Å². The summed E-state index contributed by atoms with van der Waals surface area (Å²) in [4.78, 5) is 26.3. The second-order valence-electron chi connectivity index (χ2n) is 6.11. The first-order valence-corrected chi connectivity index (χ1v) is 7.50. The molecule has 0 heterocycles. The Balaban J connectivity index is 2.53. The molecule has 0 radical (unpaired) electrons. The summed E-state index contributed by atoms with van der Waals surface area (Å²) in [7, 11) is 0. The average Bonchev–Trinajstić information content (AvgIpc) is 2.49. The van der Waals surface area contributed by atoms with Gasteiger partial charge in [-0.05, 0) is 31.9 Å². The van der Waals surface area contributed by atoms with Crippen LogP contribution in [0.4, 0.5) is 4.79 Å². The van der Waals surface area contributed by atoms with E-state index in [1.807, 2.05) is 30.3 Å². The molecule has 0 saturated carbocycles. The zero-order chi connectivity index (χ0) is 18.0. The van der Waals surface area contributed by atoms with E-state index in [9.17, 15) is 9.59 Å². The number of ether oxygens (including phenoxy) is 2. The Morgan fingerprint density at radius 1 is 1.29 bits per heavy atom. The third-order valence-corrected chi connectivity index (χ3v) is 2.74. The van der Waals surface area contributed by atoms with E-state index in [0.29, 0.717) is 0 Å². The standard InChI is InChI=1S/C16H22N4O4/c1-16(2,3)24-15(22)19-13(10-18-20-17)9-14(21)23-11-12-7-5-4-6-8-12/h4-8,13H,9-11H2,1-3H3,(H,19,22)/t13-/m1/s1. The van der Waals surface area contributed by atoms with Gasteiger partial charge in [0.1, 0.15) is 12.2 Å². The summed E-state index contributed by atoms with van der Waals surface area (Å²) in [6, 6.07) is 8.54. The number of carbonyl (C=O) groups is 2. The van der Waals surface area contributed by atoms with Crippen molar-refractivity contribution in [2.45, 2.75) is 45.4 Å². The SMILES string of the molecule is CC(C)(C)OC(=O)N[C@@H](CN=[N+]=[N-])CC(=O)OCc1ccccc1. The van der Waals surface area contributed by atoms with Gasteiger partial charge in [0.25, 0.3) is 0 Å². The number of hydrogen-bond donors (Lipinski definition) is 1.